The normalized spacial score (nSPS) is 22.6. The van der Waals surface area contributed by atoms with E-state index in [1.54, 1.807) is 4.90 Å². The molecular weight excluding hydrogens is 348 g/mol. The summed E-state index contributed by atoms with van der Waals surface area (Å²) < 4.78 is 5.46. The highest BCUT2D eigenvalue weighted by atomic mass is 32.2. The quantitative estimate of drug-likeness (QED) is 0.750. The third-order valence-corrected chi connectivity index (χ3v) is 5.80. The van der Waals surface area contributed by atoms with Gasteiger partial charge in [0.25, 0.3) is 0 Å². The number of allylic oxidation sites excluding steroid dienone is 1. The molecule has 6 heteroatoms. The predicted octanol–water partition coefficient (Wildman–Crippen LogP) is 3.99. The minimum atomic E-state index is -0.495. The van der Waals surface area contributed by atoms with E-state index < -0.39 is 12.0 Å². The third-order valence-electron chi connectivity index (χ3n) is 4.48. The number of thioether (sulfide) groups is 1. The first-order chi connectivity index (χ1) is 12.3. The lowest BCUT2D eigenvalue weighted by atomic mass is 9.93. The summed E-state index contributed by atoms with van der Waals surface area (Å²) in [5.74, 6) is -0.409. The fraction of sp³-hybridized carbons (Fsp3) is 0.450. The average molecular weight is 372 g/mol. The molecule has 2 aliphatic rings. The minimum Gasteiger partial charge on any atom is -0.459 e. The number of amidine groups is 1. The maximum atomic E-state index is 13.0. The maximum Gasteiger partial charge on any atom is 0.338 e. The number of rotatable bonds is 4. The standard InChI is InChI=1S/C20H24N2O3S/c1-6-15-18(23)22-17(14-9-7-12(4)8-10-14)16(19(24)25-11(2)3)13(5)21-20(22)26-15/h7-11,15,17H,6H2,1-5H3/t15-,17-/m0/s1. The second-order valence-electron chi connectivity index (χ2n) is 6.88. The lowest BCUT2D eigenvalue weighted by molar-refractivity contribution is -0.143. The van der Waals surface area contributed by atoms with Gasteiger partial charge < -0.3 is 4.74 Å². The summed E-state index contributed by atoms with van der Waals surface area (Å²) in [5, 5.41) is 0.515. The minimum absolute atomic E-state index is 0.00386. The Labute approximate surface area is 158 Å². The molecule has 138 valence electrons. The van der Waals surface area contributed by atoms with E-state index in [0.29, 0.717) is 16.4 Å². The molecule has 0 N–H and O–H groups in total. The monoisotopic (exact) mass is 372 g/mol. The van der Waals surface area contributed by atoms with Gasteiger partial charge in [0.05, 0.1) is 28.7 Å². The van der Waals surface area contributed by atoms with Crippen LogP contribution < -0.4 is 0 Å². The van der Waals surface area contributed by atoms with E-state index in [9.17, 15) is 9.59 Å². The molecule has 2 atom stereocenters. The maximum absolute atomic E-state index is 13.0. The van der Waals surface area contributed by atoms with Gasteiger partial charge in [0.2, 0.25) is 5.91 Å². The van der Waals surface area contributed by atoms with Crippen LogP contribution in [-0.4, -0.2) is 33.3 Å². The van der Waals surface area contributed by atoms with Crippen LogP contribution in [0.4, 0.5) is 0 Å². The smallest absolute Gasteiger partial charge is 0.338 e. The molecule has 5 nitrogen and oxygen atoms in total. The third kappa shape index (κ3) is 3.30. The molecule has 3 rings (SSSR count). The highest BCUT2D eigenvalue weighted by molar-refractivity contribution is 8.15. The molecule has 1 fully saturated rings. The molecule has 0 unspecified atom stereocenters. The topological polar surface area (TPSA) is 59.0 Å². The van der Waals surface area contributed by atoms with E-state index in [1.165, 1.54) is 11.8 Å². The van der Waals surface area contributed by atoms with E-state index >= 15 is 0 Å². The second-order valence-corrected chi connectivity index (χ2v) is 8.05. The van der Waals surface area contributed by atoms with Crippen molar-refractivity contribution in [1.29, 1.82) is 0 Å². The van der Waals surface area contributed by atoms with E-state index in [4.69, 9.17) is 4.74 Å². The largest absolute Gasteiger partial charge is 0.459 e. The molecule has 1 aromatic rings. The summed E-state index contributed by atoms with van der Waals surface area (Å²) in [6, 6.07) is 7.43. The lowest BCUT2D eigenvalue weighted by Gasteiger charge is -2.33. The number of fused-ring (bicyclic) bond motifs is 1. The molecule has 0 spiro atoms. The molecule has 0 radical (unpaired) electrons. The Morgan fingerprint density at radius 2 is 1.92 bits per heavy atom. The van der Waals surface area contributed by atoms with E-state index in [1.807, 2.05) is 58.9 Å². The van der Waals surface area contributed by atoms with Crippen molar-refractivity contribution in [3.05, 3.63) is 46.7 Å². The number of amides is 1. The number of nitrogens with zero attached hydrogens (tertiary/aromatic N) is 2. The number of carbonyl (C=O) groups is 2. The number of aryl methyl sites for hydroxylation is 1. The van der Waals surface area contributed by atoms with Crippen molar-refractivity contribution in [2.24, 2.45) is 4.99 Å². The highest BCUT2D eigenvalue weighted by Gasteiger charge is 2.47. The highest BCUT2D eigenvalue weighted by Crippen LogP contribution is 2.44. The van der Waals surface area contributed by atoms with Gasteiger partial charge in [-0.2, -0.15) is 0 Å². The van der Waals surface area contributed by atoms with Crippen molar-refractivity contribution in [2.75, 3.05) is 0 Å². The van der Waals surface area contributed by atoms with Crippen LogP contribution >= 0.6 is 11.8 Å². The number of carbonyl (C=O) groups excluding carboxylic acids is 2. The number of benzene rings is 1. The lowest BCUT2D eigenvalue weighted by Crippen LogP contribution is -2.41. The molecular formula is C20H24N2O3S. The van der Waals surface area contributed by atoms with Crippen LogP contribution in [0.15, 0.2) is 40.5 Å². The summed E-state index contributed by atoms with van der Waals surface area (Å²) in [7, 11) is 0. The molecule has 0 aliphatic carbocycles. The Morgan fingerprint density at radius 3 is 2.50 bits per heavy atom. The zero-order chi connectivity index (χ0) is 19.0. The number of hydrogen-bond donors (Lipinski definition) is 0. The fourth-order valence-electron chi connectivity index (χ4n) is 3.19. The van der Waals surface area contributed by atoms with Gasteiger partial charge in [-0.15, -0.1) is 0 Å². The summed E-state index contributed by atoms with van der Waals surface area (Å²) in [6.07, 6.45) is 0.490. The molecule has 1 amide bonds. The zero-order valence-electron chi connectivity index (χ0n) is 15.8. The molecule has 26 heavy (non-hydrogen) atoms. The SMILES string of the molecule is CC[C@@H]1SC2=NC(C)=C(C(=O)OC(C)C)[C@H](c3ccc(C)cc3)N2C1=O. The van der Waals surface area contributed by atoms with Crippen molar-refractivity contribution in [3.63, 3.8) is 0 Å². The first-order valence-corrected chi connectivity index (χ1v) is 9.78. The molecule has 2 heterocycles. The summed E-state index contributed by atoms with van der Waals surface area (Å²) in [6.45, 7) is 9.44. The zero-order valence-corrected chi connectivity index (χ0v) is 16.6. The summed E-state index contributed by atoms with van der Waals surface area (Å²) >= 11 is 1.48. The van der Waals surface area contributed by atoms with E-state index in [2.05, 4.69) is 4.99 Å². The van der Waals surface area contributed by atoms with E-state index in [-0.39, 0.29) is 17.3 Å². The Kier molecular flexibility index (Phi) is 5.23. The van der Waals surface area contributed by atoms with Gasteiger partial charge in [0, 0.05) is 0 Å². The van der Waals surface area contributed by atoms with Crippen LogP contribution in [0.2, 0.25) is 0 Å². The van der Waals surface area contributed by atoms with Gasteiger partial charge in [-0.3, -0.25) is 9.69 Å². The van der Waals surface area contributed by atoms with Crippen molar-refractivity contribution < 1.29 is 14.3 Å². The Balaban J connectivity index is 2.12. The first kappa shape index (κ1) is 18.7. The van der Waals surface area contributed by atoms with Crippen molar-refractivity contribution >= 4 is 28.8 Å². The van der Waals surface area contributed by atoms with E-state index in [0.717, 1.165) is 17.5 Å². The molecule has 2 aliphatic heterocycles. The molecule has 0 bridgehead atoms. The number of ether oxygens (including phenoxy) is 1. The van der Waals surface area contributed by atoms with Crippen LogP contribution in [0.1, 0.15) is 51.3 Å². The average Bonchev–Trinajstić information content (AvgIpc) is 2.89. The number of esters is 1. The van der Waals surface area contributed by atoms with Crippen molar-refractivity contribution in [1.82, 2.24) is 4.90 Å². The molecule has 1 aromatic carbocycles. The van der Waals surface area contributed by atoms with Gasteiger partial charge in [-0.05, 0) is 39.7 Å². The predicted molar refractivity (Wildman–Crippen MR) is 104 cm³/mol. The van der Waals surface area contributed by atoms with Crippen LogP contribution in [0.5, 0.6) is 0 Å². The number of hydrogen-bond acceptors (Lipinski definition) is 5. The van der Waals surface area contributed by atoms with Gasteiger partial charge in [-0.1, -0.05) is 48.5 Å². The van der Waals surface area contributed by atoms with Gasteiger partial charge in [-0.25, -0.2) is 9.79 Å². The van der Waals surface area contributed by atoms with Crippen molar-refractivity contribution in [2.45, 2.75) is 58.4 Å². The number of aliphatic imine (C=N–C) groups is 1. The van der Waals surface area contributed by atoms with Crippen LogP contribution in [0.25, 0.3) is 0 Å². The molecule has 0 aromatic heterocycles. The summed E-state index contributed by atoms with van der Waals surface area (Å²) in [5.41, 5.74) is 3.07. The van der Waals surface area contributed by atoms with Crippen LogP contribution in [0.3, 0.4) is 0 Å². The Morgan fingerprint density at radius 1 is 1.27 bits per heavy atom. The second kappa shape index (κ2) is 7.27. The first-order valence-electron chi connectivity index (χ1n) is 8.90. The van der Waals surface area contributed by atoms with Crippen molar-refractivity contribution in [3.8, 4) is 0 Å². The molecule has 0 saturated carbocycles. The van der Waals surface area contributed by atoms with Gasteiger partial charge in [0.1, 0.15) is 0 Å². The fourth-order valence-corrected chi connectivity index (χ4v) is 4.33. The summed E-state index contributed by atoms with van der Waals surface area (Å²) in [4.78, 5) is 32.0. The van der Waals surface area contributed by atoms with Gasteiger partial charge in [0.15, 0.2) is 5.17 Å². The Hall–Kier alpha value is -2.08. The van der Waals surface area contributed by atoms with Gasteiger partial charge >= 0.3 is 5.97 Å². The Bertz CT molecular complexity index is 796. The van der Waals surface area contributed by atoms with Crippen LogP contribution in [0, 0.1) is 6.92 Å². The molecule has 1 saturated heterocycles. The van der Waals surface area contributed by atoms with Crippen LogP contribution in [-0.2, 0) is 14.3 Å².